The van der Waals surface area contributed by atoms with E-state index in [1.807, 2.05) is 36.1 Å². The van der Waals surface area contributed by atoms with Crippen molar-refractivity contribution in [2.24, 2.45) is 0 Å². The Kier molecular flexibility index (Phi) is 4.31. The van der Waals surface area contributed by atoms with Crippen LogP contribution in [0.5, 0.6) is 0 Å². The van der Waals surface area contributed by atoms with E-state index in [0.29, 0.717) is 6.54 Å². The highest BCUT2D eigenvalue weighted by Gasteiger charge is 2.23. The van der Waals surface area contributed by atoms with Crippen molar-refractivity contribution >= 4 is 33.3 Å². The Morgan fingerprint density at radius 2 is 2.19 bits per heavy atom. The molecular formula is C16H17BrN2OS. The van der Waals surface area contributed by atoms with E-state index in [-0.39, 0.29) is 12.1 Å². The number of hydrogen-bond donors (Lipinski definition) is 1. The highest BCUT2D eigenvalue weighted by atomic mass is 79.9. The SMILES string of the molecule is CC(NC(=O)N1CCc2sccc2C1)c1ccccc1Br. The number of thiophene rings is 1. The Labute approximate surface area is 137 Å². The summed E-state index contributed by atoms with van der Waals surface area (Å²) in [5.41, 5.74) is 2.38. The number of carbonyl (C=O) groups is 1. The zero-order chi connectivity index (χ0) is 14.8. The Bertz CT molecular complexity index is 655. The summed E-state index contributed by atoms with van der Waals surface area (Å²) in [6.45, 7) is 3.52. The summed E-state index contributed by atoms with van der Waals surface area (Å²) in [6.07, 6.45) is 0.962. The fraction of sp³-hybridized carbons (Fsp3) is 0.312. The number of halogens is 1. The fourth-order valence-electron chi connectivity index (χ4n) is 2.60. The second-order valence-corrected chi connectivity index (χ2v) is 7.09. The number of nitrogens with one attached hydrogen (secondary N) is 1. The standard InChI is InChI=1S/C16H17BrN2OS/c1-11(13-4-2-3-5-14(13)17)18-16(20)19-8-6-15-12(10-19)7-9-21-15/h2-5,7,9,11H,6,8,10H2,1H3,(H,18,20). The maximum absolute atomic E-state index is 12.4. The van der Waals surface area contributed by atoms with E-state index in [1.165, 1.54) is 10.4 Å². The number of urea groups is 1. The van der Waals surface area contributed by atoms with Crippen LogP contribution in [0.3, 0.4) is 0 Å². The molecule has 0 spiro atoms. The summed E-state index contributed by atoms with van der Waals surface area (Å²) in [5.74, 6) is 0. The van der Waals surface area contributed by atoms with Crippen molar-refractivity contribution in [1.82, 2.24) is 10.2 Å². The van der Waals surface area contributed by atoms with Crippen molar-refractivity contribution in [3.05, 3.63) is 56.2 Å². The molecule has 3 nitrogen and oxygen atoms in total. The molecule has 2 heterocycles. The van der Waals surface area contributed by atoms with Crippen molar-refractivity contribution in [2.75, 3.05) is 6.54 Å². The number of rotatable bonds is 2. The second-order valence-electron chi connectivity index (χ2n) is 5.23. The van der Waals surface area contributed by atoms with Gasteiger partial charge in [-0.25, -0.2) is 4.79 Å². The van der Waals surface area contributed by atoms with Gasteiger partial charge in [-0.15, -0.1) is 11.3 Å². The van der Waals surface area contributed by atoms with Crippen LogP contribution in [0.25, 0.3) is 0 Å². The molecule has 1 aromatic heterocycles. The van der Waals surface area contributed by atoms with Crippen LogP contribution >= 0.6 is 27.3 Å². The van der Waals surface area contributed by atoms with E-state index in [4.69, 9.17) is 0 Å². The van der Waals surface area contributed by atoms with Gasteiger partial charge < -0.3 is 10.2 Å². The minimum Gasteiger partial charge on any atom is -0.331 e. The van der Waals surface area contributed by atoms with Crippen LogP contribution in [0.1, 0.15) is 29.0 Å². The van der Waals surface area contributed by atoms with Crippen LogP contribution in [-0.4, -0.2) is 17.5 Å². The van der Waals surface area contributed by atoms with Crippen molar-refractivity contribution < 1.29 is 4.79 Å². The molecule has 1 unspecified atom stereocenters. The average molecular weight is 365 g/mol. The quantitative estimate of drug-likeness (QED) is 0.844. The van der Waals surface area contributed by atoms with E-state index >= 15 is 0 Å². The first-order chi connectivity index (χ1) is 10.1. The van der Waals surface area contributed by atoms with E-state index in [0.717, 1.165) is 23.0 Å². The number of hydrogen-bond acceptors (Lipinski definition) is 2. The average Bonchev–Trinajstić information content (AvgIpc) is 2.94. The highest BCUT2D eigenvalue weighted by molar-refractivity contribution is 9.10. The smallest absolute Gasteiger partial charge is 0.318 e. The number of carbonyl (C=O) groups excluding carboxylic acids is 1. The summed E-state index contributed by atoms with van der Waals surface area (Å²) >= 11 is 5.32. The predicted molar refractivity (Wildman–Crippen MR) is 89.5 cm³/mol. The summed E-state index contributed by atoms with van der Waals surface area (Å²) < 4.78 is 1.02. The maximum Gasteiger partial charge on any atom is 0.318 e. The van der Waals surface area contributed by atoms with Crippen LogP contribution < -0.4 is 5.32 Å². The molecule has 1 aromatic carbocycles. The molecule has 1 N–H and O–H groups in total. The van der Waals surface area contributed by atoms with Gasteiger partial charge in [0.25, 0.3) is 0 Å². The third kappa shape index (κ3) is 3.14. The van der Waals surface area contributed by atoms with Crippen LogP contribution in [0.4, 0.5) is 4.79 Å². The van der Waals surface area contributed by atoms with Crippen molar-refractivity contribution in [3.8, 4) is 0 Å². The molecule has 1 aliphatic heterocycles. The molecule has 21 heavy (non-hydrogen) atoms. The molecule has 0 bridgehead atoms. The minimum atomic E-state index is -0.0167. The van der Waals surface area contributed by atoms with Gasteiger partial charge in [-0.3, -0.25) is 0 Å². The van der Waals surface area contributed by atoms with Crippen LogP contribution in [0.2, 0.25) is 0 Å². The van der Waals surface area contributed by atoms with Gasteiger partial charge in [0.2, 0.25) is 0 Å². The fourth-order valence-corrected chi connectivity index (χ4v) is 4.12. The lowest BCUT2D eigenvalue weighted by molar-refractivity contribution is 0.189. The van der Waals surface area contributed by atoms with Gasteiger partial charge in [0.15, 0.2) is 0 Å². The zero-order valence-electron chi connectivity index (χ0n) is 11.8. The number of amides is 2. The van der Waals surface area contributed by atoms with Crippen LogP contribution in [-0.2, 0) is 13.0 Å². The third-order valence-corrected chi connectivity index (χ3v) is 5.55. The van der Waals surface area contributed by atoms with Crippen molar-refractivity contribution in [2.45, 2.75) is 25.9 Å². The molecule has 5 heteroatoms. The molecule has 1 aliphatic rings. The molecule has 0 aliphatic carbocycles. The number of fused-ring (bicyclic) bond motifs is 1. The van der Waals surface area contributed by atoms with Crippen molar-refractivity contribution in [1.29, 1.82) is 0 Å². The van der Waals surface area contributed by atoms with Gasteiger partial charge in [0, 0.05) is 22.4 Å². The van der Waals surface area contributed by atoms with E-state index in [1.54, 1.807) is 11.3 Å². The lowest BCUT2D eigenvalue weighted by Gasteiger charge is -2.29. The van der Waals surface area contributed by atoms with Crippen molar-refractivity contribution in [3.63, 3.8) is 0 Å². The van der Waals surface area contributed by atoms with E-state index < -0.39 is 0 Å². The van der Waals surface area contributed by atoms with Gasteiger partial charge in [-0.1, -0.05) is 34.1 Å². The van der Waals surface area contributed by atoms with Gasteiger partial charge >= 0.3 is 6.03 Å². The first-order valence-corrected chi connectivity index (χ1v) is 8.67. The zero-order valence-corrected chi connectivity index (χ0v) is 14.2. The third-order valence-electron chi connectivity index (χ3n) is 3.81. The van der Waals surface area contributed by atoms with Gasteiger partial charge in [0.05, 0.1) is 6.04 Å². The molecule has 0 fully saturated rings. The lowest BCUT2D eigenvalue weighted by atomic mass is 10.1. The summed E-state index contributed by atoms with van der Waals surface area (Å²) in [4.78, 5) is 15.7. The molecule has 2 aromatic rings. The summed E-state index contributed by atoms with van der Waals surface area (Å²) in [6, 6.07) is 10.1. The molecule has 110 valence electrons. The van der Waals surface area contributed by atoms with Crippen LogP contribution in [0, 0.1) is 0 Å². The molecule has 3 rings (SSSR count). The molecule has 2 amide bonds. The number of benzene rings is 1. The Hall–Kier alpha value is -1.33. The highest BCUT2D eigenvalue weighted by Crippen LogP contribution is 2.25. The Morgan fingerprint density at radius 1 is 1.38 bits per heavy atom. The molecule has 1 atom stereocenters. The minimum absolute atomic E-state index is 0.00935. The number of nitrogens with zero attached hydrogens (tertiary/aromatic N) is 1. The largest absolute Gasteiger partial charge is 0.331 e. The Morgan fingerprint density at radius 3 is 3.00 bits per heavy atom. The summed E-state index contributed by atoms with van der Waals surface area (Å²) in [7, 11) is 0. The first-order valence-electron chi connectivity index (χ1n) is 7.00. The van der Waals surface area contributed by atoms with E-state index in [2.05, 4.69) is 32.7 Å². The normalized spacial score (nSPS) is 15.4. The first kappa shape index (κ1) is 14.6. The van der Waals surface area contributed by atoms with Crippen LogP contribution in [0.15, 0.2) is 40.2 Å². The van der Waals surface area contributed by atoms with Gasteiger partial charge in [-0.05, 0) is 42.0 Å². The second kappa shape index (κ2) is 6.20. The summed E-state index contributed by atoms with van der Waals surface area (Å²) in [5, 5.41) is 5.20. The Balaban J connectivity index is 1.66. The molecule has 0 saturated carbocycles. The maximum atomic E-state index is 12.4. The van der Waals surface area contributed by atoms with Gasteiger partial charge in [-0.2, -0.15) is 0 Å². The van der Waals surface area contributed by atoms with Gasteiger partial charge in [0.1, 0.15) is 0 Å². The monoisotopic (exact) mass is 364 g/mol. The predicted octanol–water partition coefficient (Wildman–Crippen LogP) is 4.34. The molecule has 0 radical (unpaired) electrons. The lowest BCUT2D eigenvalue weighted by Crippen LogP contribution is -2.43. The molecular weight excluding hydrogens is 348 g/mol. The van der Waals surface area contributed by atoms with E-state index in [9.17, 15) is 4.79 Å². The topological polar surface area (TPSA) is 32.3 Å². The molecule has 0 saturated heterocycles.